The highest BCUT2D eigenvalue weighted by Gasteiger charge is 2.34. The first-order chi connectivity index (χ1) is 19.2. The molecule has 3 amide bonds. The Hall–Kier alpha value is -3.66. The van der Waals surface area contributed by atoms with E-state index in [1.165, 1.54) is 0 Å². The number of hydrogen-bond acceptors (Lipinski definition) is 7. The van der Waals surface area contributed by atoms with Gasteiger partial charge in [0, 0.05) is 10.7 Å². The highest BCUT2D eigenvalue weighted by molar-refractivity contribution is 8.18. The summed E-state index contributed by atoms with van der Waals surface area (Å²) in [6.07, 6.45) is 1.61. The average molecular weight is 602 g/mol. The monoisotopic (exact) mass is 600 g/mol. The van der Waals surface area contributed by atoms with Crippen LogP contribution in [0.25, 0.3) is 6.08 Å². The van der Waals surface area contributed by atoms with Gasteiger partial charge in [0.2, 0.25) is 0 Å². The van der Waals surface area contributed by atoms with Gasteiger partial charge in [-0.2, -0.15) is 0 Å². The molecule has 0 aromatic heterocycles. The number of nitrogens with one attached hydrogen (secondary N) is 1. The number of carbonyl (C=O) groups excluding carboxylic acids is 3. The van der Waals surface area contributed by atoms with Crippen molar-refractivity contribution in [2.24, 2.45) is 0 Å². The summed E-state index contributed by atoms with van der Waals surface area (Å²) in [5, 5.41) is 3.36. The summed E-state index contributed by atoms with van der Waals surface area (Å²) in [6.45, 7) is 4.00. The molecule has 1 fully saturated rings. The van der Waals surface area contributed by atoms with E-state index in [2.05, 4.69) is 5.32 Å². The lowest BCUT2D eigenvalue weighted by atomic mass is 10.2. The molecule has 0 bridgehead atoms. The van der Waals surface area contributed by atoms with Gasteiger partial charge in [-0.05, 0) is 79.2 Å². The van der Waals surface area contributed by atoms with Crippen LogP contribution in [-0.4, -0.2) is 48.3 Å². The number of amides is 3. The number of aryl methyl sites for hydroxylation is 1. The summed E-state index contributed by atoms with van der Waals surface area (Å²) in [5.74, 6) is 0.466. The van der Waals surface area contributed by atoms with E-state index in [1.807, 2.05) is 19.9 Å². The number of imide groups is 1. The van der Waals surface area contributed by atoms with Crippen molar-refractivity contribution in [2.75, 3.05) is 31.7 Å². The highest BCUT2D eigenvalue weighted by Crippen LogP contribution is 2.35. The predicted octanol–water partition coefficient (Wildman–Crippen LogP) is 6.83. The zero-order chi connectivity index (χ0) is 28.6. The number of benzene rings is 3. The Morgan fingerprint density at radius 2 is 1.75 bits per heavy atom. The van der Waals surface area contributed by atoms with Crippen LogP contribution in [-0.2, 0) is 9.59 Å². The molecular formula is C29H26Cl2N2O6S. The first-order valence-electron chi connectivity index (χ1n) is 12.3. The fourth-order valence-electron chi connectivity index (χ4n) is 3.67. The minimum atomic E-state index is -0.413. The van der Waals surface area contributed by atoms with Crippen LogP contribution in [0.4, 0.5) is 10.5 Å². The minimum absolute atomic E-state index is 0.0844. The van der Waals surface area contributed by atoms with E-state index in [0.717, 1.165) is 22.2 Å². The molecule has 0 saturated carbocycles. The number of hydrogen-bond donors (Lipinski definition) is 1. The molecule has 1 heterocycles. The van der Waals surface area contributed by atoms with Gasteiger partial charge < -0.3 is 19.5 Å². The maximum Gasteiger partial charge on any atom is 0.293 e. The topological polar surface area (TPSA) is 94.2 Å². The lowest BCUT2D eigenvalue weighted by Gasteiger charge is -2.14. The van der Waals surface area contributed by atoms with E-state index < -0.39 is 5.91 Å². The summed E-state index contributed by atoms with van der Waals surface area (Å²) >= 11 is 13.1. The van der Waals surface area contributed by atoms with Crippen LogP contribution < -0.4 is 19.5 Å². The Labute approximate surface area is 246 Å². The van der Waals surface area contributed by atoms with Gasteiger partial charge in [-0.3, -0.25) is 19.3 Å². The van der Waals surface area contributed by atoms with Crippen LogP contribution in [0, 0.1) is 6.92 Å². The predicted molar refractivity (Wildman–Crippen MR) is 158 cm³/mol. The lowest BCUT2D eigenvalue weighted by Crippen LogP contribution is -2.32. The molecule has 0 spiro atoms. The molecule has 3 aromatic rings. The zero-order valence-corrected chi connectivity index (χ0v) is 24.1. The third-order valence-corrected chi connectivity index (χ3v) is 7.29. The molecule has 1 aliphatic rings. The number of ether oxygens (including phenoxy) is 3. The van der Waals surface area contributed by atoms with Gasteiger partial charge in [0.25, 0.3) is 17.1 Å². The molecule has 40 heavy (non-hydrogen) atoms. The van der Waals surface area contributed by atoms with Crippen LogP contribution in [0.5, 0.6) is 17.2 Å². The van der Waals surface area contributed by atoms with Crippen molar-refractivity contribution in [3.63, 3.8) is 0 Å². The van der Waals surface area contributed by atoms with Gasteiger partial charge in [-0.25, -0.2) is 0 Å². The van der Waals surface area contributed by atoms with E-state index in [4.69, 9.17) is 37.4 Å². The standard InChI is InChI=1S/C29H26Cl2N2O6S/c1-3-37-25-14-19(9-11-24(25)39-17-27(34)32-20-10-8-18(2)22(31)16-20)15-26-28(35)33(29(36)40-26)12-13-38-23-7-5-4-6-21(23)30/h4-11,14-16H,3,12-13,17H2,1-2H3,(H,32,34)/b26-15-. The second-order valence-electron chi connectivity index (χ2n) is 8.55. The number of thioether (sulfide) groups is 1. The van der Waals surface area contributed by atoms with Crippen LogP contribution >= 0.6 is 35.0 Å². The van der Waals surface area contributed by atoms with Crippen LogP contribution in [0.3, 0.4) is 0 Å². The zero-order valence-electron chi connectivity index (χ0n) is 21.7. The third kappa shape index (κ3) is 7.50. The molecule has 0 radical (unpaired) electrons. The molecule has 1 aliphatic heterocycles. The average Bonchev–Trinajstić information content (AvgIpc) is 3.19. The molecular weight excluding hydrogens is 575 g/mol. The molecule has 1 saturated heterocycles. The second kappa shape index (κ2) is 13.6. The first kappa shape index (κ1) is 29.3. The molecule has 0 aliphatic carbocycles. The number of anilines is 1. The molecule has 0 unspecified atom stereocenters. The fourth-order valence-corrected chi connectivity index (χ4v) is 4.90. The second-order valence-corrected chi connectivity index (χ2v) is 10.4. The molecule has 4 rings (SSSR count). The molecule has 11 heteroatoms. The SMILES string of the molecule is CCOc1cc(/C=C2\SC(=O)N(CCOc3ccccc3Cl)C2=O)ccc1OCC(=O)Nc1ccc(C)c(Cl)c1. The van der Waals surface area contributed by atoms with Gasteiger partial charge in [0.1, 0.15) is 12.4 Å². The van der Waals surface area contributed by atoms with Crippen molar-refractivity contribution < 1.29 is 28.6 Å². The van der Waals surface area contributed by atoms with Crippen LogP contribution in [0.15, 0.2) is 65.6 Å². The number of nitrogens with zero attached hydrogens (tertiary/aromatic N) is 1. The van der Waals surface area contributed by atoms with Crippen molar-refractivity contribution in [1.82, 2.24) is 4.90 Å². The largest absolute Gasteiger partial charge is 0.490 e. The van der Waals surface area contributed by atoms with Gasteiger partial charge in [-0.1, -0.05) is 47.5 Å². The first-order valence-corrected chi connectivity index (χ1v) is 13.9. The molecule has 208 valence electrons. The lowest BCUT2D eigenvalue weighted by molar-refractivity contribution is -0.123. The summed E-state index contributed by atoms with van der Waals surface area (Å²) in [6, 6.07) is 17.3. The number of carbonyl (C=O) groups is 3. The van der Waals surface area contributed by atoms with Crippen molar-refractivity contribution in [2.45, 2.75) is 13.8 Å². The van der Waals surface area contributed by atoms with Crippen molar-refractivity contribution in [3.8, 4) is 17.2 Å². The van der Waals surface area contributed by atoms with Crippen LogP contribution in [0.1, 0.15) is 18.1 Å². The Balaban J connectivity index is 1.38. The third-order valence-electron chi connectivity index (χ3n) is 5.66. The number of para-hydroxylation sites is 1. The summed E-state index contributed by atoms with van der Waals surface area (Å²) < 4.78 is 17.0. The number of halogens is 2. The van der Waals surface area contributed by atoms with E-state index in [1.54, 1.807) is 60.7 Å². The Bertz CT molecular complexity index is 1460. The summed E-state index contributed by atoms with van der Waals surface area (Å²) in [7, 11) is 0. The van der Waals surface area contributed by atoms with Gasteiger partial charge in [-0.15, -0.1) is 0 Å². The van der Waals surface area contributed by atoms with Gasteiger partial charge >= 0.3 is 0 Å². The summed E-state index contributed by atoms with van der Waals surface area (Å²) in [4.78, 5) is 39.2. The fraction of sp³-hybridized carbons (Fsp3) is 0.207. The normalized spacial score (nSPS) is 14.0. The maximum absolute atomic E-state index is 12.9. The van der Waals surface area contributed by atoms with Crippen molar-refractivity contribution in [3.05, 3.63) is 86.7 Å². The van der Waals surface area contributed by atoms with E-state index in [-0.39, 0.29) is 35.8 Å². The van der Waals surface area contributed by atoms with Gasteiger partial charge in [0.05, 0.1) is 23.1 Å². The van der Waals surface area contributed by atoms with Gasteiger partial charge in [0.15, 0.2) is 18.1 Å². The highest BCUT2D eigenvalue weighted by atomic mass is 35.5. The Kier molecular flexibility index (Phi) is 9.98. The van der Waals surface area contributed by atoms with Crippen LogP contribution in [0.2, 0.25) is 10.0 Å². The smallest absolute Gasteiger partial charge is 0.293 e. The van der Waals surface area contributed by atoms with E-state index in [0.29, 0.717) is 45.2 Å². The maximum atomic E-state index is 12.9. The quantitative estimate of drug-likeness (QED) is 0.241. The van der Waals surface area contributed by atoms with E-state index >= 15 is 0 Å². The van der Waals surface area contributed by atoms with E-state index in [9.17, 15) is 14.4 Å². The molecule has 0 atom stereocenters. The Morgan fingerprint density at radius 1 is 0.950 bits per heavy atom. The molecule has 3 aromatic carbocycles. The van der Waals surface area contributed by atoms with Crippen molar-refractivity contribution >= 4 is 63.8 Å². The Morgan fingerprint density at radius 3 is 2.50 bits per heavy atom. The molecule has 1 N–H and O–H groups in total. The van der Waals surface area contributed by atoms with Crippen molar-refractivity contribution in [1.29, 1.82) is 0 Å². The number of rotatable bonds is 11. The summed E-state index contributed by atoms with van der Waals surface area (Å²) in [5.41, 5.74) is 2.10. The minimum Gasteiger partial charge on any atom is -0.490 e. The molecule has 8 nitrogen and oxygen atoms in total.